The van der Waals surface area contributed by atoms with Crippen LogP contribution in [-0.2, 0) is 0 Å². The van der Waals surface area contributed by atoms with Crippen molar-refractivity contribution in [3.63, 3.8) is 0 Å². The SMILES string of the molecule is C=C/C=C(\C=C)c1nc(/N=C(C)/C=C(/Cl)c2ccccc2C)c(C)c2ccccc12. The van der Waals surface area contributed by atoms with Crippen LogP contribution in [0, 0.1) is 13.8 Å². The monoisotopic (exact) mass is 412 g/mol. The maximum Gasteiger partial charge on any atom is 0.156 e. The molecule has 150 valence electrons. The second kappa shape index (κ2) is 9.51. The third kappa shape index (κ3) is 4.50. The summed E-state index contributed by atoms with van der Waals surface area (Å²) >= 11 is 6.58. The Bertz CT molecular complexity index is 1210. The minimum absolute atomic E-state index is 0.659. The lowest BCUT2D eigenvalue weighted by Gasteiger charge is -2.12. The highest BCUT2D eigenvalue weighted by atomic mass is 35.5. The van der Waals surface area contributed by atoms with Crippen LogP contribution < -0.4 is 0 Å². The van der Waals surface area contributed by atoms with Crippen molar-refractivity contribution in [1.82, 2.24) is 4.98 Å². The summed E-state index contributed by atoms with van der Waals surface area (Å²) < 4.78 is 0. The van der Waals surface area contributed by atoms with Gasteiger partial charge < -0.3 is 0 Å². The van der Waals surface area contributed by atoms with Gasteiger partial charge in [0.25, 0.3) is 0 Å². The molecule has 0 unspecified atom stereocenters. The fraction of sp³-hybridized carbons (Fsp3) is 0.111. The fourth-order valence-corrected chi connectivity index (χ4v) is 3.76. The lowest BCUT2D eigenvalue weighted by Crippen LogP contribution is -1.96. The summed E-state index contributed by atoms with van der Waals surface area (Å²) in [6.07, 6.45) is 7.33. The molecule has 3 heteroatoms. The molecule has 3 rings (SSSR count). The fourth-order valence-electron chi connectivity index (χ4n) is 3.39. The number of fused-ring (bicyclic) bond motifs is 1. The highest BCUT2D eigenvalue weighted by Crippen LogP contribution is 2.32. The molecule has 0 fully saturated rings. The molecule has 0 saturated heterocycles. The summed E-state index contributed by atoms with van der Waals surface area (Å²) in [4.78, 5) is 9.68. The first-order valence-electron chi connectivity index (χ1n) is 9.79. The maximum absolute atomic E-state index is 6.58. The van der Waals surface area contributed by atoms with Crippen molar-refractivity contribution >= 4 is 44.5 Å². The van der Waals surface area contributed by atoms with Crippen LogP contribution in [0.1, 0.15) is 29.3 Å². The van der Waals surface area contributed by atoms with Crippen molar-refractivity contribution in [2.75, 3.05) is 0 Å². The van der Waals surface area contributed by atoms with Crippen LogP contribution in [0.2, 0.25) is 0 Å². The molecule has 2 nitrogen and oxygen atoms in total. The van der Waals surface area contributed by atoms with Gasteiger partial charge in [-0.3, -0.25) is 0 Å². The number of pyridine rings is 1. The molecule has 1 heterocycles. The molecule has 0 radical (unpaired) electrons. The lowest BCUT2D eigenvalue weighted by molar-refractivity contribution is 1.23. The van der Waals surface area contributed by atoms with Crippen molar-refractivity contribution in [3.8, 4) is 0 Å². The first-order chi connectivity index (χ1) is 14.5. The summed E-state index contributed by atoms with van der Waals surface area (Å²) in [6, 6.07) is 16.2. The van der Waals surface area contributed by atoms with Crippen LogP contribution in [-0.4, -0.2) is 10.7 Å². The number of rotatable bonds is 6. The summed E-state index contributed by atoms with van der Waals surface area (Å²) in [6.45, 7) is 13.8. The van der Waals surface area contributed by atoms with Crippen molar-refractivity contribution in [3.05, 3.63) is 108 Å². The Morgan fingerprint density at radius 3 is 2.33 bits per heavy atom. The number of hydrogen-bond acceptors (Lipinski definition) is 2. The van der Waals surface area contributed by atoms with Gasteiger partial charge in [0.05, 0.1) is 5.69 Å². The standard InChI is InChI=1S/C27H25ClN2/c1-6-12-21(7-2)26-24-16-11-10-15-23(24)20(5)27(30-26)29-19(4)17-25(28)22-14-9-8-13-18(22)3/h6-17H,1-2H2,3-5H3/b21-12+,25-17+,29-19+. The van der Waals surface area contributed by atoms with Gasteiger partial charge in [-0.1, -0.05) is 91.5 Å². The van der Waals surface area contributed by atoms with E-state index in [1.807, 2.05) is 69.3 Å². The van der Waals surface area contributed by atoms with Gasteiger partial charge in [0.2, 0.25) is 0 Å². The number of allylic oxidation sites excluding steroid dienone is 5. The normalized spacial score (nSPS) is 12.9. The second-order valence-electron chi connectivity index (χ2n) is 7.08. The van der Waals surface area contributed by atoms with Gasteiger partial charge in [-0.2, -0.15) is 0 Å². The van der Waals surface area contributed by atoms with E-state index in [1.165, 1.54) is 0 Å². The third-order valence-electron chi connectivity index (χ3n) is 4.95. The average molecular weight is 413 g/mol. The van der Waals surface area contributed by atoms with Crippen LogP contribution in [0.5, 0.6) is 0 Å². The minimum atomic E-state index is 0.659. The molecule has 3 aromatic rings. The molecule has 0 aliphatic carbocycles. The topological polar surface area (TPSA) is 25.2 Å². The van der Waals surface area contributed by atoms with Crippen LogP contribution in [0.4, 0.5) is 5.82 Å². The molecule has 0 bridgehead atoms. The molecule has 0 atom stereocenters. The predicted molar refractivity (Wildman–Crippen MR) is 133 cm³/mol. The van der Waals surface area contributed by atoms with E-state index in [-0.39, 0.29) is 0 Å². The van der Waals surface area contributed by atoms with E-state index in [2.05, 4.69) is 25.3 Å². The van der Waals surface area contributed by atoms with Gasteiger partial charge in [-0.05, 0) is 43.4 Å². The first-order valence-corrected chi connectivity index (χ1v) is 10.2. The summed E-state index contributed by atoms with van der Waals surface area (Å²) in [5.74, 6) is 0.670. The van der Waals surface area contributed by atoms with E-state index in [0.717, 1.165) is 44.4 Å². The molecule has 0 saturated carbocycles. The van der Waals surface area contributed by atoms with Crippen molar-refractivity contribution in [1.29, 1.82) is 0 Å². The molecule has 0 amide bonds. The van der Waals surface area contributed by atoms with Crippen molar-refractivity contribution in [2.45, 2.75) is 20.8 Å². The highest BCUT2D eigenvalue weighted by Gasteiger charge is 2.12. The van der Waals surface area contributed by atoms with E-state index < -0.39 is 0 Å². The van der Waals surface area contributed by atoms with E-state index in [4.69, 9.17) is 21.6 Å². The van der Waals surface area contributed by atoms with Gasteiger partial charge >= 0.3 is 0 Å². The van der Waals surface area contributed by atoms with E-state index >= 15 is 0 Å². The Labute approximate surface area is 183 Å². The van der Waals surface area contributed by atoms with Gasteiger partial charge in [-0.25, -0.2) is 9.98 Å². The molecule has 0 aliphatic rings. The molecule has 0 N–H and O–H groups in total. The van der Waals surface area contributed by atoms with Gasteiger partial charge in [0.15, 0.2) is 5.82 Å². The van der Waals surface area contributed by atoms with Crippen LogP contribution in [0.25, 0.3) is 21.4 Å². The number of hydrogen-bond donors (Lipinski definition) is 0. The lowest BCUT2D eigenvalue weighted by atomic mass is 10.0. The summed E-state index contributed by atoms with van der Waals surface area (Å²) in [5.41, 5.74) is 5.68. The van der Waals surface area contributed by atoms with Crippen LogP contribution in [0.15, 0.2) is 91.0 Å². The minimum Gasteiger partial charge on any atom is -0.234 e. The van der Waals surface area contributed by atoms with Crippen LogP contribution in [0.3, 0.4) is 0 Å². The number of aromatic nitrogens is 1. The smallest absolute Gasteiger partial charge is 0.156 e. The molecule has 2 aromatic carbocycles. The summed E-state index contributed by atoms with van der Waals surface area (Å²) in [7, 11) is 0. The Morgan fingerprint density at radius 2 is 1.67 bits per heavy atom. The Morgan fingerprint density at radius 1 is 1.00 bits per heavy atom. The van der Waals surface area contributed by atoms with Crippen molar-refractivity contribution < 1.29 is 0 Å². The quantitative estimate of drug-likeness (QED) is 0.297. The van der Waals surface area contributed by atoms with E-state index in [9.17, 15) is 0 Å². The first kappa shape index (κ1) is 21.5. The molecule has 0 aliphatic heterocycles. The van der Waals surface area contributed by atoms with Crippen molar-refractivity contribution in [2.24, 2.45) is 4.99 Å². The van der Waals surface area contributed by atoms with E-state index in [1.54, 1.807) is 12.2 Å². The highest BCUT2D eigenvalue weighted by molar-refractivity contribution is 6.50. The zero-order valence-corrected chi connectivity index (χ0v) is 18.4. The van der Waals surface area contributed by atoms with Gasteiger partial charge in [0, 0.05) is 27.3 Å². The molecular weight excluding hydrogens is 388 g/mol. The molecule has 30 heavy (non-hydrogen) atoms. The Hall–Kier alpha value is -3.23. The molecular formula is C27H25ClN2. The number of nitrogens with zero attached hydrogens (tertiary/aromatic N) is 2. The number of halogens is 1. The zero-order valence-electron chi connectivity index (χ0n) is 17.6. The van der Waals surface area contributed by atoms with Crippen LogP contribution >= 0.6 is 11.6 Å². The Balaban J connectivity index is 2.16. The predicted octanol–water partition coefficient (Wildman–Crippen LogP) is 7.98. The maximum atomic E-state index is 6.58. The third-order valence-corrected chi connectivity index (χ3v) is 5.26. The van der Waals surface area contributed by atoms with Gasteiger partial charge in [0.1, 0.15) is 0 Å². The number of benzene rings is 2. The number of aliphatic imine (C=N–C) groups is 1. The van der Waals surface area contributed by atoms with Gasteiger partial charge in [-0.15, -0.1) is 0 Å². The Kier molecular flexibility index (Phi) is 6.81. The molecule has 0 spiro atoms. The second-order valence-corrected chi connectivity index (χ2v) is 7.48. The zero-order chi connectivity index (χ0) is 21.7. The molecule has 1 aromatic heterocycles. The summed E-state index contributed by atoms with van der Waals surface area (Å²) in [5, 5.41) is 2.83. The average Bonchev–Trinajstić information content (AvgIpc) is 2.74. The number of aryl methyl sites for hydroxylation is 2. The van der Waals surface area contributed by atoms with E-state index in [0.29, 0.717) is 10.9 Å². The largest absolute Gasteiger partial charge is 0.234 e.